The van der Waals surface area contributed by atoms with E-state index in [9.17, 15) is 4.79 Å². The van der Waals surface area contributed by atoms with Crippen LogP contribution in [0.15, 0.2) is 0 Å². The van der Waals surface area contributed by atoms with Crippen molar-refractivity contribution in [2.24, 2.45) is 0 Å². The van der Waals surface area contributed by atoms with Crippen molar-refractivity contribution in [1.29, 1.82) is 0 Å². The molecule has 1 amide bonds. The minimum atomic E-state index is 0.191. The quantitative estimate of drug-likeness (QED) is 0.573. The molecule has 1 aliphatic carbocycles. The fourth-order valence-corrected chi connectivity index (χ4v) is 2.13. The maximum atomic E-state index is 11.4. The third kappa shape index (κ3) is 4.98. The van der Waals surface area contributed by atoms with Crippen LogP contribution in [-0.2, 0) is 9.53 Å². The predicted octanol–water partition coefficient (Wildman–Crippen LogP) is 2.24. The summed E-state index contributed by atoms with van der Waals surface area (Å²) >= 11 is 3.35. The molecular formula is C11H20BrNO2. The zero-order valence-electron chi connectivity index (χ0n) is 9.30. The van der Waals surface area contributed by atoms with E-state index in [2.05, 4.69) is 21.2 Å². The molecule has 1 saturated carbocycles. The van der Waals surface area contributed by atoms with Crippen LogP contribution in [0.4, 0.5) is 0 Å². The van der Waals surface area contributed by atoms with E-state index < -0.39 is 0 Å². The Hall–Kier alpha value is -0.0900. The first-order chi connectivity index (χ1) is 7.26. The first-order valence-corrected chi connectivity index (χ1v) is 6.85. The van der Waals surface area contributed by atoms with Crippen molar-refractivity contribution in [2.45, 2.75) is 51.2 Å². The van der Waals surface area contributed by atoms with Gasteiger partial charge in [0.2, 0.25) is 5.91 Å². The fraction of sp³-hybridized carbons (Fsp3) is 0.909. The van der Waals surface area contributed by atoms with Crippen LogP contribution < -0.4 is 5.32 Å². The van der Waals surface area contributed by atoms with Gasteiger partial charge in [-0.2, -0.15) is 0 Å². The van der Waals surface area contributed by atoms with Gasteiger partial charge in [-0.05, 0) is 32.6 Å². The molecule has 0 aromatic rings. The van der Waals surface area contributed by atoms with Gasteiger partial charge in [0, 0.05) is 24.4 Å². The van der Waals surface area contributed by atoms with Crippen LogP contribution in [0.5, 0.6) is 0 Å². The lowest BCUT2D eigenvalue weighted by Gasteiger charge is -2.35. The summed E-state index contributed by atoms with van der Waals surface area (Å²) in [5.74, 6) is 0.191. The molecule has 0 spiro atoms. The Labute approximate surface area is 100 Å². The summed E-state index contributed by atoms with van der Waals surface area (Å²) in [6.45, 7) is 2.78. The maximum Gasteiger partial charge on any atom is 0.220 e. The SMILES string of the molecule is CCOC1CC(NC(=O)CCCCBr)C1. The second-order valence-corrected chi connectivity index (χ2v) is 4.75. The second kappa shape index (κ2) is 7.23. The first-order valence-electron chi connectivity index (χ1n) is 5.73. The lowest BCUT2D eigenvalue weighted by Crippen LogP contribution is -2.47. The van der Waals surface area contributed by atoms with E-state index in [0.717, 1.165) is 37.6 Å². The highest BCUT2D eigenvalue weighted by molar-refractivity contribution is 9.09. The number of hydrogen-bond acceptors (Lipinski definition) is 2. The molecular weight excluding hydrogens is 258 g/mol. The van der Waals surface area contributed by atoms with Crippen molar-refractivity contribution in [3.63, 3.8) is 0 Å². The minimum Gasteiger partial charge on any atom is -0.378 e. The number of ether oxygens (including phenoxy) is 1. The predicted molar refractivity (Wildman–Crippen MR) is 64.2 cm³/mol. The van der Waals surface area contributed by atoms with Gasteiger partial charge in [-0.25, -0.2) is 0 Å². The average Bonchev–Trinajstić information content (AvgIpc) is 2.15. The number of carbonyl (C=O) groups excluding carboxylic acids is 1. The van der Waals surface area contributed by atoms with E-state index in [1.165, 1.54) is 0 Å². The van der Waals surface area contributed by atoms with Crippen LogP contribution in [0, 0.1) is 0 Å². The molecule has 1 aliphatic rings. The molecule has 0 heterocycles. The van der Waals surface area contributed by atoms with Crippen molar-refractivity contribution < 1.29 is 9.53 Å². The Morgan fingerprint density at radius 3 is 2.80 bits per heavy atom. The molecule has 0 aromatic carbocycles. The second-order valence-electron chi connectivity index (χ2n) is 3.96. The number of hydrogen-bond donors (Lipinski definition) is 1. The third-order valence-corrected chi connectivity index (χ3v) is 3.21. The highest BCUT2D eigenvalue weighted by atomic mass is 79.9. The summed E-state index contributed by atoms with van der Waals surface area (Å²) in [7, 11) is 0. The summed E-state index contributed by atoms with van der Waals surface area (Å²) < 4.78 is 5.43. The van der Waals surface area contributed by atoms with Gasteiger partial charge in [-0.3, -0.25) is 4.79 Å². The molecule has 0 saturated heterocycles. The van der Waals surface area contributed by atoms with Gasteiger partial charge in [0.25, 0.3) is 0 Å². The van der Waals surface area contributed by atoms with Gasteiger partial charge in [0.15, 0.2) is 0 Å². The average molecular weight is 278 g/mol. The van der Waals surface area contributed by atoms with Crippen LogP contribution >= 0.6 is 15.9 Å². The van der Waals surface area contributed by atoms with E-state index in [1.807, 2.05) is 6.92 Å². The molecule has 1 fully saturated rings. The molecule has 3 nitrogen and oxygen atoms in total. The van der Waals surface area contributed by atoms with Crippen molar-refractivity contribution in [3.8, 4) is 0 Å². The lowest BCUT2D eigenvalue weighted by molar-refractivity contribution is -0.123. The molecule has 4 heteroatoms. The highest BCUT2D eigenvalue weighted by Crippen LogP contribution is 2.23. The van der Waals surface area contributed by atoms with Crippen LogP contribution in [0.2, 0.25) is 0 Å². The van der Waals surface area contributed by atoms with Gasteiger partial charge in [0.1, 0.15) is 0 Å². The molecule has 0 bridgehead atoms. The molecule has 0 radical (unpaired) electrons. The molecule has 1 rings (SSSR count). The Morgan fingerprint density at radius 1 is 1.47 bits per heavy atom. The molecule has 0 aromatic heterocycles. The monoisotopic (exact) mass is 277 g/mol. The largest absolute Gasteiger partial charge is 0.378 e. The fourth-order valence-electron chi connectivity index (χ4n) is 1.74. The number of rotatable bonds is 7. The zero-order valence-corrected chi connectivity index (χ0v) is 10.9. The van der Waals surface area contributed by atoms with Gasteiger partial charge in [0.05, 0.1) is 6.10 Å². The Balaban J connectivity index is 1.98. The number of amides is 1. The normalized spacial score (nSPS) is 24.7. The Kier molecular flexibility index (Phi) is 6.25. The van der Waals surface area contributed by atoms with E-state index in [-0.39, 0.29) is 5.91 Å². The maximum absolute atomic E-state index is 11.4. The van der Waals surface area contributed by atoms with E-state index in [1.54, 1.807) is 0 Å². The van der Waals surface area contributed by atoms with Gasteiger partial charge in [-0.15, -0.1) is 0 Å². The van der Waals surface area contributed by atoms with E-state index in [4.69, 9.17) is 4.74 Å². The number of alkyl halides is 1. The topological polar surface area (TPSA) is 38.3 Å². The van der Waals surface area contributed by atoms with Crippen molar-refractivity contribution in [1.82, 2.24) is 5.32 Å². The lowest BCUT2D eigenvalue weighted by atomic mass is 9.89. The van der Waals surface area contributed by atoms with Crippen LogP contribution in [-0.4, -0.2) is 30.0 Å². The summed E-state index contributed by atoms with van der Waals surface area (Å²) in [5.41, 5.74) is 0. The summed E-state index contributed by atoms with van der Waals surface area (Å²) in [4.78, 5) is 11.4. The molecule has 88 valence electrons. The number of carbonyl (C=O) groups is 1. The van der Waals surface area contributed by atoms with Crippen molar-refractivity contribution in [2.75, 3.05) is 11.9 Å². The van der Waals surface area contributed by atoms with Crippen LogP contribution in [0.25, 0.3) is 0 Å². The number of halogens is 1. The summed E-state index contributed by atoms with van der Waals surface area (Å²) in [6, 6.07) is 0.359. The van der Waals surface area contributed by atoms with Gasteiger partial charge in [-0.1, -0.05) is 15.9 Å². The zero-order chi connectivity index (χ0) is 11.1. The Morgan fingerprint density at radius 2 is 2.20 bits per heavy atom. The number of unbranched alkanes of at least 4 members (excludes halogenated alkanes) is 1. The first kappa shape index (κ1) is 13.0. The molecule has 0 aliphatic heterocycles. The molecule has 1 N–H and O–H groups in total. The highest BCUT2D eigenvalue weighted by Gasteiger charge is 2.30. The number of nitrogens with one attached hydrogen (secondary N) is 1. The minimum absolute atomic E-state index is 0.191. The summed E-state index contributed by atoms with van der Waals surface area (Å²) in [6.07, 6.45) is 5.04. The smallest absolute Gasteiger partial charge is 0.220 e. The van der Waals surface area contributed by atoms with Gasteiger partial charge < -0.3 is 10.1 Å². The van der Waals surface area contributed by atoms with E-state index in [0.29, 0.717) is 18.6 Å². The summed E-state index contributed by atoms with van der Waals surface area (Å²) in [5, 5.41) is 4.01. The van der Waals surface area contributed by atoms with Gasteiger partial charge >= 0.3 is 0 Å². The van der Waals surface area contributed by atoms with Crippen LogP contribution in [0.3, 0.4) is 0 Å². The molecule has 15 heavy (non-hydrogen) atoms. The third-order valence-electron chi connectivity index (χ3n) is 2.65. The van der Waals surface area contributed by atoms with E-state index >= 15 is 0 Å². The van der Waals surface area contributed by atoms with Crippen molar-refractivity contribution >= 4 is 21.8 Å². The molecule has 0 unspecified atom stereocenters. The standard InChI is InChI=1S/C11H20BrNO2/c1-2-15-10-7-9(8-10)13-11(14)5-3-4-6-12/h9-10H,2-8H2,1H3,(H,13,14). The van der Waals surface area contributed by atoms with Crippen molar-refractivity contribution in [3.05, 3.63) is 0 Å². The molecule has 0 atom stereocenters. The van der Waals surface area contributed by atoms with Crippen LogP contribution in [0.1, 0.15) is 39.0 Å². The Bertz CT molecular complexity index is 193.